The molecule has 10 nitrogen and oxygen atoms in total. The van der Waals surface area contributed by atoms with Crippen LogP contribution in [-0.2, 0) is 20.8 Å². The largest absolute Gasteiger partial charge is 0.495 e. The number of para-hydroxylation sites is 1. The molecule has 0 aliphatic carbocycles. The molecule has 0 fully saturated rings. The van der Waals surface area contributed by atoms with Crippen LogP contribution in [0.15, 0.2) is 103 Å². The number of rotatable bonds is 14. The molecule has 0 spiro atoms. The van der Waals surface area contributed by atoms with Gasteiger partial charge in [-0.1, -0.05) is 84.9 Å². The van der Waals surface area contributed by atoms with Gasteiger partial charge in [0.25, 0.3) is 0 Å². The molecule has 0 heterocycles. The quantitative estimate of drug-likeness (QED) is 0.148. The highest BCUT2D eigenvalue weighted by molar-refractivity contribution is 6.01. The third-order valence-electron chi connectivity index (χ3n) is 7.46. The molecular formula is C36H38N4O6. The number of urea groups is 1. The Morgan fingerprint density at radius 2 is 1.41 bits per heavy atom. The Hall–Kier alpha value is -5.64. The molecule has 0 atom stereocenters. The van der Waals surface area contributed by atoms with E-state index in [2.05, 4.69) is 16.0 Å². The predicted molar refractivity (Wildman–Crippen MR) is 177 cm³/mol. The second kappa shape index (κ2) is 16.4. The van der Waals surface area contributed by atoms with Crippen molar-refractivity contribution < 1.29 is 29.0 Å². The average molecular weight is 623 g/mol. The number of anilines is 2. The van der Waals surface area contributed by atoms with E-state index < -0.39 is 17.9 Å². The average Bonchev–Trinajstić information content (AvgIpc) is 3.06. The summed E-state index contributed by atoms with van der Waals surface area (Å²) in [6.07, 6.45) is -0.260. The van der Waals surface area contributed by atoms with Crippen LogP contribution in [0.25, 0.3) is 0 Å². The van der Waals surface area contributed by atoms with Gasteiger partial charge in [0.2, 0.25) is 11.8 Å². The molecule has 0 aliphatic heterocycles. The van der Waals surface area contributed by atoms with Crippen LogP contribution in [0.4, 0.5) is 16.2 Å². The number of carboxylic acid groups (broad SMARTS) is 1. The fraction of sp³-hybridized carbons (Fsp3) is 0.222. The van der Waals surface area contributed by atoms with Crippen molar-refractivity contribution in [1.82, 2.24) is 10.2 Å². The SMILES string of the molecule is COc1cc(CC(=O)NCC(=O)N(CCC(=O)O)CC(c2ccccc2)c2ccccc2)ccc1NC(=O)Nc1ccccc1C. The number of carbonyl (C=O) groups excluding carboxylic acids is 3. The van der Waals surface area contributed by atoms with Gasteiger partial charge in [0.05, 0.1) is 32.2 Å². The molecular weight excluding hydrogens is 584 g/mol. The highest BCUT2D eigenvalue weighted by atomic mass is 16.5. The van der Waals surface area contributed by atoms with Gasteiger partial charge in [-0.15, -0.1) is 0 Å². The molecule has 4 aromatic rings. The topological polar surface area (TPSA) is 137 Å². The van der Waals surface area contributed by atoms with Crippen LogP contribution in [-0.4, -0.2) is 60.6 Å². The summed E-state index contributed by atoms with van der Waals surface area (Å²) in [4.78, 5) is 51.7. The molecule has 10 heteroatoms. The van der Waals surface area contributed by atoms with E-state index in [4.69, 9.17) is 4.74 Å². The van der Waals surface area contributed by atoms with E-state index in [-0.39, 0.29) is 44.3 Å². The Kier molecular flexibility index (Phi) is 11.9. The summed E-state index contributed by atoms with van der Waals surface area (Å²) in [5.41, 5.74) is 4.62. The zero-order chi connectivity index (χ0) is 32.9. The van der Waals surface area contributed by atoms with Crippen molar-refractivity contribution in [3.05, 3.63) is 125 Å². The number of aliphatic carboxylic acids is 1. The molecule has 4 N–H and O–H groups in total. The number of benzene rings is 4. The van der Waals surface area contributed by atoms with Gasteiger partial charge in [-0.25, -0.2) is 4.79 Å². The lowest BCUT2D eigenvalue weighted by Crippen LogP contribution is -2.43. The molecule has 4 amide bonds. The van der Waals surface area contributed by atoms with Gasteiger partial charge in [0.1, 0.15) is 5.75 Å². The predicted octanol–water partition coefficient (Wildman–Crippen LogP) is 5.44. The van der Waals surface area contributed by atoms with Gasteiger partial charge >= 0.3 is 12.0 Å². The number of hydrogen-bond acceptors (Lipinski definition) is 5. The fourth-order valence-corrected chi connectivity index (χ4v) is 5.01. The summed E-state index contributed by atoms with van der Waals surface area (Å²) in [7, 11) is 1.46. The first-order valence-corrected chi connectivity index (χ1v) is 14.9. The van der Waals surface area contributed by atoms with E-state index in [0.29, 0.717) is 22.7 Å². The monoisotopic (exact) mass is 622 g/mol. The Morgan fingerprint density at radius 1 is 0.804 bits per heavy atom. The van der Waals surface area contributed by atoms with Crippen LogP contribution in [0.1, 0.15) is 34.6 Å². The van der Waals surface area contributed by atoms with Crippen molar-refractivity contribution in [3.8, 4) is 5.75 Å². The van der Waals surface area contributed by atoms with Gasteiger partial charge in [-0.05, 0) is 47.4 Å². The van der Waals surface area contributed by atoms with Crippen LogP contribution < -0.4 is 20.7 Å². The first-order valence-electron chi connectivity index (χ1n) is 14.9. The van der Waals surface area contributed by atoms with Crippen molar-refractivity contribution in [2.45, 2.75) is 25.7 Å². The lowest BCUT2D eigenvalue weighted by Gasteiger charge is -2.28. The zero-order valence-corrected chi connectivity index (χ0v) is 25.9. The number of carboxylic acids is 1. The van der Waals surface area contributed by atoms with Gasteiger partial charge in [-0.2, -0.15) is 0 Å². The third kappa shape index (κ3) is 9.68. The van der Waals surface area contributed by atoms with E-state index in [9.17, 15) is 24.3 Å². The molecule has 0 radical (unpaired) electrons. The Bertz CT molecular complexity index is 1610. The molecule has 4 rings (SSSR count). The van der Waals surface area contributed by atoms with Crippen molar-refractivity contribution in [3.63, 3.8) is 0 Å². The lowest BCUT2D eigenvalue weighted by atomic mass is 9.90. The van der Waals surface area contributed by atoms with E-state index >= 15 is 0 Å². The Labute approximate surface area is 268 Å². The normalized spacial score (nSPS) is 10.6. The third-order valence-corrected chi connectivity index (χ3v) is 7.46. The Morgan fingerprint density at radius 3 is 2.02 bits per heavy atom. The minimum absolute atomic E-state index is 0.00326. The molecule has 46 heavy (non-hydrogen) atoms. The highest BCUT2D eigenvalue weighted by Crippen LogP contribution is 2.27. The lowest BCUT2D eigenvalue weighted by molar-refractivity contribution is -0.139. The molecule has 238 valence electrons. The second-order valence-corrected chi connectivity index (χ2v) is 10.7. The standard InChI is InChI=1S/C36H38N4O6/c1-25-11-9-10-16-30(25)38-36(45)39-31-18-17-26(21-32(31)46-2)22-33(41)37-23-34(42)40(20-19-35(43)44)24-29(27-12-5-3-6-13-27)28-14-7-4-8-15-28/h3-18,21,29H,19-20,22-24H2,1-2H3,(H,37,41)(H,43,44)(H2,38,39,45). The summed E-state index contributed by atoms with van der Waals surface area (Å²) < 4.78 is 5.45. The number of nitrogens with zero attached hydrogens (tertiary/aromatic N) is 1. The minimum Gasteiger partial charge on any atom is -0.495 e. The van der Waals surface area contributed by atoms with Gasteiger partial charge in [0.15, 0.2) is 0 Å². The zero-order valence-electron chi connectivity index (χ0n) is 25.9. The van der Waals surface area contributed by atoms with Crippen LogP contribution in [0.2, 0.25) is 0 Å². The minimum atomic E-state index is -1.02. The first kappa shape index (κ1) is 33.3. The van der Waals surface area contributed by atoms with E-state index in [1.54, 1.807) is 24.3 Å². The smallest absolute Gasteiger partial charge is 0.323 e. The summed E-state index contributed by atoms with van der Waals surface area (Å²) in [5.74, 6) is -1.61. The number of hydrogen-bond donors (Lipinski definition) is 4. The van der Waals surface area contributed by atoms with Crippen LogP contribution in [0.5, 0.6) is 5.75 Å². The van der Waals surface area contributed by atoms with Gasteiger partial charge in [0, 0.05) is 24.7 Å². The molecule has 4 aromatic carbocycles. The molecule has 0 bridgehead atoms. The maximum Gasteiger partial charge on any atom is 0.323 e. The summed E-state index contributed by atoms with van der Waals surface area (Å²) in [6, 6.07) is 31.4. The number of methoxy groups -OCH3 is 1. The summed E-state index contributed by atoms with van der Waals surface area (Å²) in [5, 5.41) is 17.6. The highest BCUT2D eigenvalue weighted by Gasteiger charge is 2.23. The van der Waals surface area contributed by atoms with Gasteiger partial charge < -0.3 is 30.7 Å². The summed E-state index contributed by atoms with van der Waals surface area (Å²) >= 11 is 0. The molecule has 0 aromatic heterocycles. The fourth-order valence-electron chi connectivity index (χ4n) is 5.01. The molecule has 0 saturated heterocycles. The van der Waals surface area contributed by atoms with E-state index in [0.717, 1.165) is 16.7 Å². The molecule has 0 saturated carbocycles. The maximum absolute atomic E-state index is 13.4. The number of ether oxygens (including phenoxy) is 1. The second-order valence-electron chi connectivity index (χ2n) is 10.7. The summed E-state index contributed by atoms with van der Waals surface area (Å²) in [6.45, 7) is 1.86. The van der Waals surface area contributed by atoms with Crippen LogP contribution in [0.3, 0.4) is 0 Å². The van der Waals surface area contributed by atoms with Gasteiger partial charge in [-0.3, -0.25) is 14.4 Å². The van der Waals surface area contributed by atoms with Crippen LogP contribution >= 0.6 is 0 Å². The first-order chi connectivity index (χ1) is 22.2. The molecule has 0 aliphatic rings. The molecule has 0 unspecified atom stereocenters. The van der Waals surface area contributed by atoms with E-state index in [1.165, 1.54) is 12.0 Å². The van der Waals surface area contributed by atoms with E-state index in [1.807, 2.05) is 85.8 Å². The Balaban J connectivity index is 1.38. The number of amides is 4. The number of aryl methyl sites for hydroxylation is 1. The van der Waals surface area contributed by atoms with Crippen molar-refractivity contribution in [1.29, 1.82) is 0 Å². The number of carbonyl (C=O) groups is 4. The number of nitrogens with one attached hydrogen (secondary N) is 3. The van der Waals surface area contributed by atoms with Crippen molar-refractivity contribution >= 4 is 35.2 Å². The van der Waals surface area contributed by atoms with Crippen LogP contribution in [0, 0.1) is 6.92 Å². The maximum atomic E-state index is 13.4. The van der Waals surface area contributed by atoms with Crippen molar-refractivity contribution in [2.75, 3.05) is 37.4 Å². The van der Waals surface area contributed by atoms with Crippen molar-refractivity contribution in [2.24, 2.45) is 0 Å².